The predicted octanol–water partition coefficient (Wildman–Crippen LogP) is 3.21. The molecule has 5 nitrogen and oxygen atoms in total. The van der Waals surface area contributed by atoms with E-state index in [0.717, 1.165) is 37.7 Å². The van der Waals surface area contributed by atoms with Crippen molar-refractivity contribution < 1.29 is 13.5 Å². The third-order valence-corrected chi connectivity index (χ3v) is 3.16. The Morgan fingerprint density at radius 3 is 2.58 bits per heavy atom. The van der Waals surface area contributed by atoms with Crippen molar-refractivity contribution in [3.05, 3.63) is 54.2 Å². The quantitative estimate of drug-likeness (QED) is 0.283. The summed E-state index contributed by atoms with van der Waals surface area (Å²) in [6.45, 7) is 2.04. The Balaban J connectivity index is 0.00000288. The molecule has 0 fully saturated rings. The summed E-state index contributed by atoms with van der Waals surface area (Å²) in [6, 6.07) is 9.85. The van der Waals surface area contributed by atoms with Crippen molar-refractivity contribution in [2.45, 2.75) is 12.8 Å². The van der Waals surface area contributed by atoms with Gasteiger partial charge in [0.1, 0.15) is 17.3 Å². The molecule has 2 aromatic rings. The number of ether oxygens (including phenoxy) is 1. The molecule has 0 bridgehead atoms. The van der Waals surface area contributed by atoms with Crippen LogP contribution >= 0.6 is 24.0 Å². The normalized spacial score (nSPS) is 10.8. The number of halogens is 2. The first-order valence-corrected chi connectivity index (χ1v) is 7.63. The lowest BCUT2D eigenvalue weighted by Gasteiger charge is -2.11. The molecule has 0 radical (unpaired) electrons. The largest absolute Gasteiger partial charge is 0.494 e. The van der Waals surface area contributed by atoms with Crippen LogP contribution in [0.15, 0.2) is 52.1 Å². The van der Waals surface area contributed by atoms with Gasteiger partial charge in [-0.25, -0.2) is 4.39 Å². The van der Waals surface area contributed by atoms with Crippen molar-refractivity contribution in [1.29, 1.82) is 0 Å². The van der Waals surface area contributed by atoms with Crippen molar-refractivity contribution in [3.8, 4) is 5.75 Å². The number of aliphatic imine (C=N–C) groups is 1. The van der Waals surface area contributed by atoms with Crippen molar-refractivity contribution in [2.24, 2.45) is 4.99 Å². The zero-order chi connectivity index (χ0) is 16.3. The maximum absolute atomic E-state index is 12.8. The molecule has 1 aromatic carbocycles. The molecule has 0 saturated carbocycles. The van der Waals surface area contributed by atoms with Gasteiger partial charge in [0.2, 0.25) is 0 Å². The van der Waals surface area contributed by atoms with Crippen LogP contribution in [0.25, 0.3) is 0 Å². The molecule has 0 aliphatic heterocycles. The Morgan fingerprint density at radius 1 is 1.17 bits per heavy atom. The Hall–Kier alpha value is -1.77. The molecule has 0 atom stereocenters. The number of hydrogen-bond donors (Lipinski definition) is 2. The number of guanidine groups is 1. The van der Waals surface area contributed by atoms with Gasteiger partial charge in [-0.05, 0) is 42.8 Å². The summed E-state index contributed by atoms with van der Waals surface area (Å²) in [6.07, 6.45) is 3.29. The van der Waals surface area contributed by atoms with Crippen molar-refractivity contribution in [1.82, 2.24) is 10.6 Å². The summed E-state index contributed by atoms with van der Waals surface area (Å²) >= 11 is 0. The molecule has 0 amide bonds. The first-order chi connectivity index (χ1) is 11.3. The first kappa shape index (κ1) is 20.3. The Morgan fingerprint density at radius 2 is 1.92 bits per heavy atom. The molecule has 0 spiro atoms. The fourth-order valence-corrected chi connectivity index (χ4v) is 1.98. The zero-order valence-corrected chi connectivity index (χ0v) is 16.0. The molecule has 1 heterocycles. The fraction of sp³-hybridized carbons (Fsp3) is 0.353. The smallest absolute Gasteiger partial charge is 0.190 e. The Kier molecular flexibility index (Phi) is 9.90. The molecule has 0 aliphatic carbocycles. The van der Waals surface area contributed by atoms with Gasteiger partial charge in [0.05, 0.1) is 12.9 Å². The Labute approximate surface area is 158 Å². The van der Waals surface area contributed by atoms with Crippen molar-refractivity contribution in [3.63, 3.8) is 0 Å². The lowest BCUT2D eigenvalue weighted by Crippen LogP contribution is -2.39. The molecule has 0 unspecified atom stereocenters. The standard InChI is InChI=1S/C17H22FN3O2.HI/c1-19-17(21-11-9-15-4-2-12-22-15)20-10-3-13-23-16-7-5-14(18)6-8-16;/h2,4-8,12H,3,9-11,13H2,1H3,(H2,19,20,21);1H. The van der Waals surface area contributed by atoms with Gasteiger partial charge >= 0.3 is 0 Å². The van der Waals surface area contributed by atoms with Gasteiger partial charge in [0.25, 0.3) is 0 Å². The van der Waals surface area contributed by atoms with Gasteiger partial charge in [-0.2, -0.15) is 0 Å². The molecule has 2 rings (SSSR count). The number of benzene rings is 1. The lowest BCUT2D eigenvalue weighted by atomic mass is 10.3. The SMILES string of the molecule is CN=C(NCCCOc1ccc(F)cc1)NCCc1ccco1.I. The van der Waals surface area contributed by atoms with E-state index < -0.39 is 0 Å². The van der Waals surface area contributed by atoms with E-state index in [1.165, 1.54) is 12.1 Å². The number of furan rings is 1. The highest BCUT2D eigenvalue weighted by molar-refractivity contribution is 14.0. The second-order valence-corrected chi connectivity index (χ2v) is 4.91. The minimum atomic E-state index is -0.261. The Bertz CT molecular complexity index is 588. The second-order valence-electron chi connectivity index (χ2n) is 4.91. The van der Waals surface area contributed by atoms with Gasteiger partial charge in [-0.15, -0.1) is 24.0 Å². The van der Waals surface area contributed by atoms with Gasteiger partial charge in [0, 0.05) is 26.6 Å². The van der Waals surface area contributed by atoms with Crippen LogP contribution in [-0.4, -0.2) is 32.7 Å². The van der Waals surface area contributed by atoms with E-state index in [4.69, 9.17) is 9.15 Å². The summed E-state index contributed by atoms with van der Waals surface area (Å²) < 4.78 is 23.6. The van der Waals surface area contributed by atoms with Crippen molar-refractivity contribution >= 4 is 29.9 Å². The summed E-state index contributed by atoms with van der Waals surface area (Å²) in [4.78, 5) is 4.15. The average molecular weight is 447 g/mol. The van der Waals surface area contributed by atoms with Gasteiger partial charge < -0.3 is 19.8 Å². The highest BCUT2D eigenvalue weighted by atomic mass is 127. The van der Waals surface area contributed by atoms with E-state index in [0.29, 0.717) is 12.4 Å². The van der Waals surface area contributed by atoms with E-state index in [9.17, 15) is 4.39 Å². The molecule has 7 heteroatoms. The van der Waals surface area contributed by atoms with Crippen LogP contribution in [0.5, 0.6) is 5.75 Å². The average Bonchev–Trinajstić information content (AvgIpc) is 3.08. The summed E-state index contributed by atoms with van der Waals surface area (Å²) in [5, 5.41) is 6.43. The summed E-state index contributed by atoms with van der Waals surface area (Å²) in [5.74, 6) is 2.11. The molecule has 0 aliphatic rings. The van der Waals surface area contributed by atoms with E-state index in [-0.39, 0.29) is 29.8 Å². The van der Waals surface area contributed by atoms with Crippen LogP contribution in [0, 0.1) is 5.82 Å². The third-order valence-electron chi connectivity index (χ3n) is 3.16. The molecule has 132 valence electrons. The zero-order valence-electron chi connectivity index (χ0n) is 13.6. The highest BCUT2D eigenvalue weighted by Crippen LogP contribution is 2.10. The van der Waals surface area contributed by atoms with Gasteiger partial charge in [-0.3, -0.25) is 4.99 Å². The molecular formula is C17H23FIN3O2. The van der Waals surface area contributed by atoms with Crippen LogP contribution in [0.2, 0.25) is 0 Å². The maximum Gasteiger partial charge on any atom is 0.190 e. The van der Waals surface area contributed by atoms with Crippen LogP contribution in [0.3, 0.4) is 0 Å². The van der Waals surface area contributed by atoms with Crippen molar-refractivity contribution in [2.75, 3.05) is 26.7 Å². The minimum Gasteiger partial charge on any atom is -0.494 e. The van der Waals surface area contributed by atoms with Gasteiger partial charge in [0.15, 0.2) is 5.96 Å². The predicted molar refractivity (Wildman–Crippen MR) is 104 cm³/mol. The second kappa shape index (κ2) is 11.7. The number of rotatable bonds is 8. The molecule has 2 N–H and O–H groups in total. The number of nitrogens with one attached hydrogen (secondary N) is 2. The molecular weight excluding hydrogens is 424 g/mol. The maximum atomic E-state index is 12.8. The molecule has 0 saturated heterocycles. The van der Waals surface area contributed by atoms with Crippen LogP contribution in [0.1, 0.15) is 12.2 Å². The summed E-state index contributed by atoms with van der Waals surface area (Å²) in [7, 11) is 1.73. The number of hydrogen-bond acceptors (Lipinski definition) is 3. The van der Waals surface area contributed by atoms with Crippen LogP contribution in [-0.2, 0) is 6.42 Å². The van der Waals surface area contributed by atoms with E-state index in [1.54, 1.807) is 25.4 Å². The van der Waals surface area contributed by atoms with Crippen LogP contribution in [0.4, 0.5) is 4.39 Å². The van der Waals surface area contributed by atoms with Crippen LogP contribution < -0.4 is 15.4 Å². The molecule has 24 heavy (non-hydrogen) atoms. The fourth-order valence-electron chi connectivity index (χ4n) is 1.98. The minimum absolute atomic E-state index is 0. The van der Waals surface area contributed by atoms with E-state index in [2.05, 4.69) is 15.6 Å². The summed E-state index contributed by atoms with van der Waals surface area (Å²) in [5.41, 5.74) is 0. The highest BCUT2D eigenvalue weighted by Gasteiger charge is 1.99. The lowest BCUT2D eigenvalue weighted by molar-refractivity contribution is 0.310. The third kappa shape index (κ3) is 7.67. The first-order valence-electron chi connectivity index (χ1n) is 7.63. The molecule has 1 aromatic heterocycles. The van der Waals surface area contributed by atoms with E-state index >= 15 is 0 Å². The monoisotopic (exact) mass is 447 g/mol. The van der Waals surface area contributed by atoms with E-state index in [1.807, 2.05) is 12.1 Å². The number of nitrogens with zero attached hydrogens (tertiary/aromatic N) is 1. The van der Waals surface area contributed by atoms with Gasteiger partial charge in [-0.1, -0.05) is 0 Å². The topological polar surface area (TPSA) is 58.8 Å².